The predicted octanol–water partition coefficient (Wildman–Crippen LogP) is 14.0. The molecule has 2 heterocycles. The Balaban J connectivity index is 1.22. The molecule has 0 saturated heterocycles. The summed E-state index contributed by atoms with van der Waals surface area (Å²) in [5.41, 5.74) is 15.3. The number of nitrogens with zero attached hydrogens (tertiary/aromatic N) is 4. The molecule has 0 radical (unpaired) electrons. The minimum Gasteiger partial charge on any atom is -0.309 e. The number of aromatic nitrogens is 4. The van der Waals surface area contributed by atoms with E-state index >= 15 is 0 Å². The second kappa shape index (κ2) is 14.5. The highest BCUT2D eigenvalue weighted by molar-refractivity contribution is 6.18. The van der Waals surface area contributed by atoms with Crippen molar-refractivity contribution in [3.8, 4) is 62.1 Å². The topological polar surface area (TPSA) is 43.6 Å². The van der Waals surface area contributed by atoms with Crippen molar-refractivity contribution >= 4 is 21.8 Å². The van der Waals surface area contributed by atoms with Gasteiger partial charge in [0.15, 0.2) is 17.5 Å². The number of hydrogen-bond donors (Lipinski definition) is 0. The molecule has 0 fully saturated rings. The molecule has 4 nitrogen and oxygen atoms in total. The van der Waals surface area contributed by atoms with Crippen LogP contribution in [0.5, 0.6) is 0 Å². The Bertz CT molecular complexity index is 3340. The molecule has 0 N–H and O–H groups in total. The molecule has 12 rings (SSSR count). The highest BCUT2D eigenvalue weighted by Crippen LogP contribution is 2.59. The van der Waals surface area contributed by atoms with E-state index in [0.717, 1.165) is 44.5 Å². The number of hydrogen-bond acceptors (Lipinski definition) is 3. The van der Waals surface area contributed by atoms with Crippen molar-refractivity contribution in [2.24, 2.45) is 0 Å². The molecule has 2 aromatic heterocycles. The molecular formula is C58H38N4. The van der Waals surface area contributed by atoms with Gasteiger partial charge in [0.25, 0.3) is 0 Å². The van der Waals surface area contributed by atoms with E-state index in [1.54, 1.807) is 0 Å². The van der Waals surface area contributed by atoms with Gasteiger partial charge in [0.05, 0.1) is 16.4 Å². The van der Waals surface area contributed by atoms with Gasteiger partial charge in [0, 0.05) is 33.2 Å². The lowest BCUT2D eigenvalue weighted by atomic mass is 9.67. The molecule has 4 heteroatoms. The maximum Gasteiger partial charge on any atom is 0.164 e. The van der Waals surface area contributed by atoms with Crippen LogP contribution in [0, 0.1) is 0 Å². The molecule has 9 aromatic carbocycles. The minimum absolute atomic E-state index is 0.539. The second-order valence-electron chi connectivity index (χ2n) is 15.9. The van der Waals surface area contributed by atoms with Gasteiger partial charge in [-0.15, -0.1) is 0 Å². The Morgan fingerprint density at radius 2 is 0.823 bits per heavy atom. The fourth-order valence-corrected chi connectivity index (χ4v) is 9.95. The van der Waals surface area contributed by atoms with Crippen LogP contribution in [0.1, 0.15) is 22.3 Å². The van der Waals surface area contributed by atoms with Crippen molar-refractivity contribution < 1.29 is 0 Å². The maximum atomic E-state index is 5.28. The highest BCUT2D eigenvalue weighted by Gasteiger charge is 2.47. The molecule has 0 saturated carbocycles. The average Bonchev–Trinajstić information content (AvgIpc) is 3.86. The van der Waals surface area contributed by atoms with Crippen LogP contribution in [0.25, 0.3) is 83.9 Å². The van der Waals surface area contributed by atoms with Crippen LogP contribution in [-0.2, 0) is 5.41 Å². The first kappa shape index (κ1) is 35.7. The molecule has 0 amide bonds. The second-order valence-corrected chi connectivity index (χ2v) is 15.9. The molecule has 0 bridgehead atoms. The quantitative estimate of drug-likeness (QED) is 0.161. The molecule has 1 aliphatic rings. The number of para-hydroxylation sites is 2. The summed E-state index contributed by atoms with van der Waals surface area (Å²) in [6.45, 7) is 0. The van der Waals surface area contributed by atoms with E-state index < -0.39 is 5.41 Å². The normalized spacial score (nSPS) is 12.6. The van der Waals surface area contributed by atoms with Gasteiger partial charge in [0.2, 0.25) is 0 Å². The molecular weight excluding hydrogens is 753 g/mol. The van der Waals surface area contributed by atoms with Gasteiger partial charge >= 0.3 is 0 Å². The van der Waals surface area contributed by atoms with E-state index in [2.05, 4.69) is 199 Å². The van der Waals surface area contributed by atoms with E-state index in [-0.39, 0.29) is 0 Å². The summed E-state index contributed by atoms with van der Waals surface area (Å²) >= 11 is 0. The summed E-state index contributed by atoms with van der Waals surface area (Å²) in [4.78, 5) is 15.6. The van der Waals surface area contributed by atoms with Gasteiger partial charge in [-0.3, -0.25) is 0 Å². The van der Waals surface area contributed by atoms with Gasteiger partial charge < -0.3 is 4.57 Å². The summed E-state index contributed by atoms with van der Waals surface area (Å²) in [5, 5.41) is 2.36. The summed E-state index contributed by atoms with van der Waals surface area (Å²) in [5.74, 6) is 1.87. The van der Waals surface area contributed by atoms with Crippen molar-refractivity contribution in [1.82, 2.24) is 19.5 Å². The van der Waals surface area contributed by atoms with Gasteiger partial charge in [-0.2, -0.15) is 0 Å². The molecule has 0 aliphatic heterocycles. The monoisotopic (exact) mass is 790 g/mol. The lowest BCUT2D eigenvalue weighted by Gasteiger charge is -2.34. The van der Waals surface area contributed by atoms with Gasteiger partial charge in [0.1, 0.15) is 0 Å². The third-order valence-corrected chi connectivity index (χ3v) is 12.5. The zero-order valence-electron chi connectivity index (χ0n) is 33.7. The van der Waals surface area contributed by atoms with E-state index in [1.165, 1.54) is 44.2 Å². The first-order chi connectivity index (χ1) is 30.8. The van der Waals surface area contributed by atoms with Crippen molar-refractivity contribution in [2.75, 3.05) is 0 Å². The van der Waals surface area contributed by atoms with Crippen molar-refractivity contribution in [1.29, 1.82) is 0 Å². The third kappa shape index (κ3) is 5.50. The van der Waals surface area contributed by atoms with Crippen molar-refractivity contribution in [3.63, 3.8) is 0 Å². The Hall–Kier alpha value is -8.21. The Kier molecular flexibility index (Phi) is 8.36. The first-order valence-electron chi connectivity index (χ1n) is 21.1. The van der Waals surface area contributed by atoms with Crippen molar-refractivity contribution in [2.45, 2.75) is 5.41 Å². The SMILES string of the molecule is c1ccc(-c2nc(-c3ccccc3)nc(-c3cc(-c4cccc5c4-c4ccccc4C5(c4ccccc4)c4ccccc4)c4c5ccccc5n(-c5ccccc5)c4c3)n2)cc1. The van der Waals surface area contributed by atoms with Crippen molar-refractivity contribution in [3.05, 3.63) is 253 Å². The van der Waals surface area contributed by atoms with Crippen LogP contribution in [0.15, 0.2) is 231 Å². The fraction of sp³-hybridized carbons (Fsp3) is 0.0172. The Morgan fingerprint density at radius 1 is 0.339 bits per heavy atom. The molecule has 62 heavy (non-hydrogen) atoms. The van der Waals surface area contributed by atoms with Gasteiger partial charge in [-0.05, 0) is 74.8 Å². The van der Waals surface area contributed by atoms with Crippen LogP contribution < -0.4 is 0 Å². The van der Waals surface area contributed by atoms with E-state index in [1.807, 2.05) is 36.4 Å². The molecule has 0 unspecified atom stereocenters. The van der Waals surface area contributed by atoms with E-state index in [4.69, 9.17) is 15.0 Å². The van der Waals surface area contributed by atoms with Crippen LogP contribution in [0.2, 0.25) is 0 Å². The maximum absolute atomic E-state index is 5.28. The smallest absolute Gasteiger partial charge is 0.164 e. The predicted molar refractivity (Wildman–Crippen MR) is 253 cm³/mol. The molecule has 290 valence electrons. The first-order valence-corrected chi connectivity index (χ1v) is 21.1. The largest absolute Gasteiger partial charge is 0.309 e. The molecule has 0 spiro atoms. The Labute approximate surface area is 360 Å². The number of benzene rings is 9. The minimum atomic E-state index is -0.539. The van der Waals surface area contributed by atoms with E-state index in [9.17, 15) is 0 Å². The molecule has 11 aromatic rings. The van der Waals surface area contributed by atoms with Crippen LogP contribution in [-0.4, -0.2) is 19.5 Å². The van der Waals surface area contributed by atoms with Gasteiger partial charge in [-0.1, -0.05) is 200 Å². The summed E-state index contributed by atoms with van der Waals surface area (Å²) in [6, 6.07) is 82.4. The average molecular weight is 791 g/mol. The van der Waals surface area contributed by atoms with E-state index in [0.29, 0.717) is 17.5 Å². The van der Waals surface area contributed by atoms with Gasteiger partial charge in [-0.25, -0.2) is 15.0 Å². The van der Waals surface area contributed by atoms with Crippen LogP contribution >= 0.6 is 0 Å². The fourth-order valence-electron chi connectivity index (χ4n) is 9.95. The lowest BCUT2D eigenvalue weighted by molar-refractivity contribution is 0.768. The number of fused-ring (bicyclic) bond motifs is 6. The lowest BCUT2D eigenvalue weighted by Crippen LogP contribution is -2.28. The zero-order valence-corrected chi connectivity index (χ0v) is 33.7. The zero-order chi connectivity index (χ0) is 41.0. The Morgan fingerprint density at radius 3 is 1.45 bits per heavy atom. The summed E-state index contributed by atoms with van der Waals surface area (Å²) in [6.07, 6.45) is 0. The highest BCUT2D eigenvalue weighted by atomic mass is 15.0. The summed E-state index contributed by atoms with van der Waals surface area (Å²) in [7, 11) is 0. The number of rotatable bonds is 7. The molecule has 1 aliphatic carbocycles. The standard InChI is InChI=1S/C58H38N4/c1-6-21-39(22-7-1)55-59-56(40-23-8-2-9-24-40)61-57(60-55)41-37-48(54-47-32-17-19-36-51(47)62(52(54)38-41)44-29-14-5-15-30-44)45-33-20-35-50-53(45)46-31-16-18-34-49(46)58(50,42-25-10-3-11-26-42)43-27-12-4-13-28-43/h1-38H. The summed E-state index contributed by atoms with van der Waals surface area (Å²) < 4.78 is 2.39. The third-order valence-electron chi connectivity index (χ3n) is 12.5. The van der Waals surface area contributed by atoms with Crippen LogP contribution in [0.3, 0.4) is 0 Å². The molecule has 0 atom stereocenters. The van der Waals surface area contributed by atoms with Crippen LogP contribution in [0.4, 0.5) is 0 Å².